The molecule has 0 atom stereocenters. The van der Waals surface area contributed by atoms with Crippen LogP contribution in [0.4, 0.5) is 4.79 Å². The zero-order chi connectivity index (χ0) is 12.9. The molecule has 5 nitrogen and oxygen atoms in total. The Morgan fingerprint density at radius 2 is 1.82 bits per heavy atom. The Bertz CT molecular complexity index is 283. The Hall–Kier alpha value is -1.26. The molecule has 1 aliphatic carbocycles. The molecule has 1 fully saturated rings. The smallest absolute Gasteiger partial charge is 0.315 e. The second-order valence-electron chi connectivity index (χ2n) is 5.16. The Balaban J connectivity index is 2.62. The molecule has 0 saturated heterocycles. The molecule has 0 spiro atoms. The molecule has 98 valence electrons. The maximum atomic E-state index is 11.7. The van der Waals surface area contributed by atoms with Crippen molar-refractivity contribution in [2.24, 2.45) is 0 Å². The van der Waals surface area contributed by atoms with E-state index < -0.39 is 11.5 Å². The standard InChI is InChI=1S/C12H22N2O3/c1-9(2)13-11(17)14-12(8-10(15)16)6-4-3-5-7-12/h9H,3-8H2,1-2H3,(H,15,16)(H2,13,14,17). The van der Waals surface area contributed by atoms with Crippen LogP contribution in [0.15, 0.2) is 0 Å². The largest absolute Gasteiger partial charge is 0.481 e. The molecule has 0 aromatic carbocycles. The van der Waals surface area contributed by atoms with Crippen LogP contribution in [-0.4, -0.2) is 28.7 Å². The Morgan fingerprint density at radius 1 is 1.24 bits per heavy atom. The van der Waals surface area contributed by atoms with Gasteiger partial charge in [-0.05, 0) is 26.7 Å². The van der Waals surface area contributed by atoms with Crippen LogP contribution in [0.3, 0.4) is 0 Å². The summed E-state index contributed by atoms with van der Waals surface area (Å²) in [5.74, 6) is -0.850. The van der Waals surface area contributed by atoms with Gasteiger partial charge in [0.2, 0.25) is 0 Å². The van der Waals surface area contributed by atoms with Gasteiger partial charge in [-0.15, -0.1) is 0 Å². The van der Waals surface area contributed by atoms with E-state index in [9.17, 15) is 9.59 Å². The van der Waals surface area contributed by atoms with Gasteiger partial charge in [0.1, 0.15) is 0 Å². The van der Waals surface area contributed by atoms with Crippen LogP contribution in [-0.2, 0) is 4.79 Å². The van der Waals surface area contributed by atoms with Gasteiger partial charge in [-0.3, -0.25) is 4.79 Å². The SMILES string of the molecule is CC(C)NC(=O)NC1(CC(=O)O)CCCCC1. The molecule has 0 aliphatic heterocycles. The van der Waals surface area contributed by atoms with Crippen LogP contribution in [0, 0.1) is 0 Å². The first kappa shape index (κ1) is 13.8. The van der Waals surface area contributed by atoms with Gasteiger partial charge in [0.05, 0.1) is 12.0 Å². The lowest BCUT2D eigenvalue weighted by atomic mass is 9.79. The second-order valence-corrected chi connectivity index (χ2v) is 5.16. The summed E-state index contributed by atoms with van der Waals surface area (Å²) >= 11 is 0. The number of carboxylic acids is 1. The van der Waals surface area contributed by atoms with Gasteiger partial charge < -0.3 is 15.7 Å². The summed E-state index contributed by atoms with van der Waals surface area (Å²) in [6.07, 6.45) is 4.60. The number of urea groups is 1. The summed E-state index contributed by atoms with van der Waals surface area (Å²) in [6, 6.07) is -0.205. The molecule has 0 bridgehead atoms. The maximum Gasteiger partial charge on any atom is 0.315 e. The van der Waals surface area contributed by atoms with E-state index in [1.165, 1.54) is 0 Å². The average Bonchev–Trinajstić information content (AvgIpc) is 2.15. The third kappa shape index (κ3) is 4.63. The summed E-state index contributed by atoms with van der Waals surface area (Å²) in [5, 5.41) is 14.6. The van der Waals surface area contributed by atoms with Gasteiger partial charge in [-0.2, -0.15) is 0 Å². The van der Waals surface area contributed by atoms with Crippen LogP contribution in [0.1, 0.15) is 52.4 Å². The van der Waals surface area contributed by atoms with Crippen LogP contribution >= 0.6 is 0 Å². The molecule has 0 unspecified atom stereocenters. The van der Waals surface area contributed by atoms with Gasteiger partial charge in [-0.1, -0.05) is 19.3 Å². The molecular weight excluding hydrogens is 220 g/mol. The number of hydrogen-bond donors (Lipinski definition) is 3. The number of nitrogens with one attached hydrogen (secondary N) is 2. The fraction of sp³-hybridized carbons (Fsp3) is 0.833. The van der Waals surface area contributed by atoms with E-state index in [4.69, 9.17) is 5.11 Å². The van der Waals surface area contributed by atoms with E-state index in [1.54, 1.807) is 0 Å². The summed E-state index contributed by atoms with van der Waals surface area (Å²) in [4.78, 5) is 22.6. The summed E-state index contributed by atoms with van der Waals surface area (Å²) in [6.45, 7) is 3.76. The number of aliphatic carboxylic acids is 1. The highest BCUT2D eigenvalue weighted by Crippen LogP contribution is 2.31. The molecule has 0 heterocycles. The minimum atomic E-state index is -0.850. The summed E-state index contributed by atoms with van der Waals surface area (Å²) in [7, 11) is 0. The van der Waals surface area contributed by atoms with E-state index in [2.05, 4.69) is 10.6 Å². The predicted molar refractivity (Wildman–Crippen MR) is 64.9 cm³/mol. The van der Waals surface area contributed by atoms with E-state index in [0.29, 0.717) is 0 Å². The number of carbonyl (C=O) groups is 2. The second kappa shape index (κ2) is 5.89. The highest BCUT2D eigenvalue weighted by Gasteiger charge is 2.35. The third-order valence-electron chi connectivity index (χ3n) is 3.10. The predicted octanol–water partition coefficient (Wildman–Crippen LogP) is 1.87. The zero-order valence-corrected chi connectivity index (χ0v) is 10.6. The van der Waals surface area contributed by atoms with E-state index in [-0.39, 0.29) is 18.5 Å². The van der Waals surface area contributed by atoms with Crippen LogP contribution < -0.4 is 10.6 Å². The quantitative estimate of drug-likeness (QED) is 0.704. The number of hydrogen-bond acceptors (Lipinski definition) is 2. The van der Waals surface area contributed by atoms with Crippen molar-refractivity contribution in [2.75, 3.05) is 0 Å². The van der Waals surface area contributed by atoms with Gasteiger partial charge in [-0.25, -0.2) is 4.79 Å². The highest BCUT2D eigenvalue weighted by molar-refractivity contribution is 5.77. The molecule has 0 aromatic heterocycles. The minimum absolute atomic E-state index is 0.0124. The zero-order valence-electron chi connectivity index (χ0n) is 10.6. The molecule has 1 rings (SSSR count). The Morgan fingerprint density at radius 3 is 2.29 bits per heavy atom. The Labute approximate surface area is 102 Å². The van der Waals surface area contributed by atoms with Gasteiger partial charge in [0, 0.05) is 6.04 Å². The fourth-order valence-electron chi connectivity index (χ4n) is 2.40. The monoisotopic (exact) mass is 242 g/mol. The van der Waals surface area contributed by atoms with Gasteiger partial charge >= 0.3 is 12.0 Å². The molecule has 3 N–H and O–H groups in total. The average molecular weight is 242 g/mol. The van der Waals surface area contributed by atoms with Crippen molar-refractivity contribution in [3.8, 4) is 0 Å². The Kier molecular flexibility index (Phi) is 4.78. The van der Waals surface area contributed by atoms with Crippen LogP contribution in [0.2, 0.25) is 0 Å². The minimum Gasteiger partial charge on any atom is -0.481 e. The molecule has 2 amide bonds. The van der Waals surface area contributed by atoms with Crippen molar-refractivity contribution in [3.05, 3.63) is 0 Å². The first-order valence-electron chi connectivity index (χ1n) is 6.24. The fourth-order valence-corrected chi connectivity index (χ4v) is 2.40. The number of carboxylic acid groups (broad SMARTS) is 1. The number of carbonyl (C=O) groups excluding carboxylic acids is 1. The lowest BCUT2D eigenvalue weighted by molar-refractivity contribution is -0.139. The molecular formula is C12H22N2O3. The molecule has 0 radical (unpaired) electrons. The molecule has 17 heavy (non-hydrogen) atoms. The van der Waals surface area contributed by atoms with Crippen LogP contribution in [0.5, 0.6) is 0 Å². The van der Waals surface area contributed by atoms with Crippen LogP contribution in [0.25, 0.3) is 0 Å². The molecule has 1 aliphatic rings. The van der Waals surface area contributed by atoms with Crippen molar-refractivity contribution in [2.45, 2.75) is 64.0 Å². The van der Waals surface area contributed by atoms with Gasteiger partial charge in [0.15, 0.2) is 0 Å². The van der Waals surface area contributed by atoms with Crippen molar-refractivity contribution in [1.82, 2.24) is 10.6 Å². The van der Waals surface area contributed by atoms with Crippen molar-refractivity contribution < 1.29 is 14.7 Å². The molecule has 0 aromatic rings. The van der Waals surface area contributed by atoms with Crippen molar-refractivity contribution >= 4 is 12.0 Å². The van der Waals surface area contributed by atoms with Crippen molar-refractivity contribution in [1.29, 1.82) is 0 Å². The lowest BCUT2D eigenvalue weighted by Gasteiger charge is -2.37. The lowest BCUT2D eigenvalue weighted by Crippen LogP contribution is -2.55. The topological polar surface area (TPSA) is 78.4 Å². The van der Waals surface area contributed by atoms with E-state index in [0.717, 1.165) is 32.1 Å². The summed E-state index contributed by atoms with van der Waals surface area (Å²) < 4.78 is 0. The first-order valence-corrected chi connectivity index (χ1v) is 6.24. The first-order chi connectivity index (χ1) is 7.93. The molecule has 5 heteroatoms. The number of rotatable bonds is 4. The molecule has 1 saturated carbocycles. The summed E-state index contributed by atoms with van der Waals surface area (Å²) in [5.41, 5.74) is -0.553. The number of amides is 2. The van der Waals surface area contributed by atoms with Crippen molar-refractivity contribution in [3.63, 3.8) is 0 Å². The third-order valence-corrected chi connectivity index (χ3v) is 3.10. The normalized spacial score (nSPS) is 18.8. The highest BCUT2D eigenvalue weighted by atomic mass is 16.4. The maximum absolute atomic E-state index is 11.7. The van der Waals surface area contributed by atoms with E-state index in [1.807, 2.05) is 13.8 Å². The van der Waals surface area contributed by atoms with Gasteiger partial charge in [0.25, 0.3) is 0 Å². The van der Waals surface area contributed by atoms with E-state index >= 15 is 0 Å².